The zero-order chi connectivity index (χ0) is 14.9. The molecule has 0 aliphatic rings. The summed E-state index contributed by atoms with van der Waals surface area (Å²) in [4.78, 5) is 2.51. The minimum atomic E-state index is 0.582. The van der Waals surface area contributed by atoms with Crippen molar-refractivity contribution in [1.29, 1.82) is 0 Å². The number of nitrogens with zero attached hydrogens (tertiary/aromatic N) is 1. The molecule has 0 aliphatic carbocycles. The highest BCUT2D eigenvalue weighted by Crippen LogP contribution is 2.12. The van der Waals surface area contributed by atoms with E-state index in [1.165, 1.54) is 11.1 Å². The van der Waals surface area contributed by atoms with E-state index in [0.717, 1.165) is 32.6 Å². The van der Waals surface area contributed by atoms with E-state index in [4.69, 9.17) is 5.73 Å². The van der Waals surface area contributed by atoms with Crippen LogP contribution in [0.2, 0.25) is 0 Å². The smallest absolute Gasteiger partial charge is 0.0237 e. The molecule has 0 fully saturated rings. The third kappa shape index (κ3) is 5.70. The average Bonchev–Trinajstić information content (AvgIpc) is 2.54. The molecular weight excluding hydrogens is 256 g/mol. The van der Waals surface area contributed by atoms with Crippen LogP contribution in [0.3, 0.4) is 0 Å². The van der Waals surface area contributed by atoms with Gasteiger partial charge in [-0.2, -0.15) is 0 Å². The zero-order valence-corrected chi connectivity index (χ0v) is 12.9. The summed E-state index contributed by atoms with van der Waals surface area (Å²) in [6.07, 6.45) is 1.15. The lowest BCUT2D eigenvalue weighted by molar-refractivity contribution is 0.239. The molecule has 2 rings (SSSR count). The van der Waals surface area contributed by atoms with Gasteiger partial charge in [-0.1, -0.05) is 67.6 Å². The van der Waals surface area contributed by atoms with Crippen LogP contribution in [-0.2, 0) is 13.1 Å². The van der Waals surface area contributed by atoms with Crippen LogP contribution >= 0.6 is 0 Å². The van der Waals surface area contributed by atoms with E-state index in [0.29, 0.717) is 5.92 Å². The van der Waals surface area contributed by atoms with Gasteiger partial charge in [-0.25, -0.2) is 0 Å². The van der Waals surface area contributed by atoms with Gasteiger partial charge in [0.1, 0.15) is 0 Å². The van der Waals surface area contributed by atoms with Crippen molar-refractivity contribution in [3.63, 3.8) is 0 Å². The van der Waals surface area contributed by atoms with Crippen molar-refractivity contribution in [2.24, 2.45) is 11.7 Å². The van der Waals surface area contributed by atoms with Gasteiger partial charge in [0.2, 0.25) is 0 Å². The van der Waals surface area contributed by atoms with Crippen LogP contribution in [0.5, 0.6) is 0 Å². The third-order valence-corrected chi connectivity index (χ3v) is 3.84. The van der Waals surface area contributed by atoms with Gasteiger partial charge in [0.15, 0.2) is 0 Å². The Labute approximate surface area is 128 Å². The fraction of sp³-hybridized carbons (Fsp3) is 0.368. The maximum absolute atomic E-state index is 5.74. The Balaban J connectivity index is 1.99. The first-order chi connectivity index (χ1) is 10.3. The summed E-state index contributed by atoms with van der Waals surface area (Å²) >= 11 is 0. The summed E-state index contributed by atoms with van der Waals surface area (Å²) in [5, 5.41) is 0. The molecule has 21 heavy (non-hydrogen) atoms. The first kappa shape index (κ1) is 15.7. The van der Waals surface area contributed by atoms with Crippen LogP contribution < -0.4 is 5.73 Å². The van der Waals surface area contributed by atoms with Crippen LogP contribution in [0.25, 0.3) is 0 Å². The summed E-state index contributed by atoms with van der Waals surface area (Å²) in [5.74, 6) is 0.582. The monoisotopic (exact) mass is 282 g/mol. The lowest BCUT2D eigenvalue weighted by atomic mass is 10.1. The minimum Gasteiger partial charge on any atom is -0.330 e. The molecule has 0 radical (unpaired) electrons. The molecule has 2 heteroatoms. The van der Waals surface area contributed by atoms with Crippen molar-refractivity contribution in [1.82, 2.24) is 4.90 Å². The Morgan fingerprint density at radius 3 is 1.76 bits per heavy atom. The molecule has 1 unspecified atom stereocenters. The van der Waals surface area contributed by atoms with Crippen molar-refractivity contribution in [3.05, 3.63) is 71.8 Å². The quantitative estimate of drug-likeness (QED) is 0.800. The molecule has 0 heterocycles. The highest BCUT2D eigenvalue weighted by Gasteiger charge is 2.09. The molecule has 2 aromatic carbocycles. The molecule has 2 nitrogen and oxygen atoms in total. The Morgan fingerprint density at radius 2 is 1.33 bits per heavy atom. The van der Waals surface area contributed by atoms with Gasteiger partial charge in [-0.3, -0.25) is 4.90 Å². The normalized spacial score (nSPS) is 12.5. The molecule has 0 aliphatic heterocycles. The molecule has 112 valence electrons. The zero-order valence-electron chi connectivity index (χ0n) is 12.9. The molecule has 0 saturated carbocycles. The standard InChI is InChI=1S/C19H26N2/c1-17(14-20)12-13-21(15-18-8-4-2-5-9-18)16-19-10-6-3-7-11-19/h2-11,17H,12-16,20H2,1H3. The molecular formula is C19H26N2. The maximum Gasteiger partial charge on any atom is 0.0237 e. The topological polar surface area (TPSA) is 29.3 Å². The van der Waals surface area contributed by atoms with E-state index in [2.05, 4.69) is 72.5 Å². The lowest BCUT2D eigenvalue weighted by Crippen LogP contribution is -2.26. The predicted molar refractivity (Wildman–Crippen MR) is 89.8 cm³/mol. The van der Waals surface area contributed by atoms with E-state index < -0.39 is 0 Å². The van der Waals surface area contributed by atoms with Gasteiger partial charge in [-0.15, -0.1) is 0 Å². The largest absolute Gasteiger partial charge is 0.330 e. The van der Waals surface area contributed by atoms with Gasteiger partial charge in [0.05, 0.1) is 0 Å². The summed E-state index contributed by atoms with van der Waals surface area (Å²) in [6, 6.07) is 21.4. The van der Waals surface area contributed by atoms with Gasteiger partial charge < -0.3 is 5.73 Å². The Morgan fingerprint density at radius 1 is 0.857 bits per heavy atom. The van der Waals surface area contributed by atoms with Crippen molar-refractivity contribution in [2.75, 3.05) is 13.1 Å². The summed E-state index contributed by atoms with van der Waals surface area (Å²) in [7, 11) is 0. The first-order valence-electron chi connectivity index (χ1n) is 7.78. The van der Waals surface area contributed by atoms with Crippen LogP contribution in [-0.4, -0.2) is 18.0 Å². The number of nitrogens with two attached hydrogens (primary N) is 1. The van der Waals surface area contributed by atoms with Crippen molar-refractivity contribution in [3.8, 4) is 0 Å². The fourth-order valence-electron chi connectivity index (χ4n) is 2.42. The highest BCUT2D eigenvalue weighted by atomic mass is 15.1. The lowest BCUT2D eigenvalue weighted by Gasteiger charge is -2.24. The summed E-state index contributed by atoms with van der Waals surface area (Å²) in [6.45, 7) is 6.07. The second-order valence-electron chi connectivity index (χ2n) is 5.81. The van der Waals surface area contributed by atoms with Crippen LogP contribution in [0, 0.1) is 5.92 Å². The molecule has 0 aromatic heterocycles. The molecule has 0 saturated heterocycles. The van der Waals surface area contributed by atoms with Gasteiger partial charge >= 0.3 is 0 Å². The van der Waals surface area contributed by atoms with Crippen LogP contribution in [0.15, 0.2) is 60.7 Å². The van der Waals surface area contributed by atoms with E-state index in [9.17, 15) is 0 Å². The van der Waals surface area contributed by atoms with Crippen LogP contribution in [0.1, 0.15) is 24.5 Å². The summed E-state index contributed by atoms with van der Waals surface area (Å²) in [5.41, 5.74) is 8.48. The number of rotatable bonds is 8. The number of benzene rings is 2. The molecule has 2 N–H and O–H groups in total. The Hall–Kier alpha value is -1.64. The predicted octanol–water partition coefficient (Wildman–Crippen LogP) is 3.67. The third-order valence-electron chi connectivity index (χ3n) is 3.84. The van der Waals surface area contributed by atoms with Crippen LogP contribution in [0.4, 0.5) is 0 Å². The number of hydrogen-bond donors (Lipinski definition) is 1. The second kappa shape index (κ2) is 8.60. The first-order valence-corrected chi connectivity index (χ1v) is 7.78. The molecule has 0 amide bonds. The van der Waals surface area contributed by atoms with E-state index in [-0.39, 0.29) is 0 Å². The second-order valence-corrected chi connectivity index (χ2v) is 5.81. The van der Waals surface area contributed by atoms with Crippen molar-refractivity contribution < 1.29 is 0 Å². The highest BCUT2D eigenvalue weighted by molar-refractivity contribution is 5.17. The molecule has 1 atom stereocenters. The van der Waals surface area contributed by atoms with E-state index in [1.54, 1.807) is 0 Å². The molecule has 2 aromatic rings. The van der Waals surface area contributed by atoms with Gasteiger partial charge in [-0.05, 0) is 36.6 Å². The van der Waals surface area contributed by atoms with E-state index in [1.807, 2.05) is 0 Å². The van der Waals surface area contributed by atoms with Crippen molar-refractivity contribution in [2.45, 2.75) is 26.4 Å². The van der Waals surface area contributed by atoms with E-state index >= 15 is 0 Å². The maximum atomic E-state index is 5.74. The SMILES string of the molecule is CC(CN)CCN(Cc1ccccc1)Cc1ccccc1. The minimum absolute atomic E-state index is 0.582. The van der Waals surface area contributed by atoms with Crippen molar-refractivity contribution >= 4 is 0 Å². The number of hydrogen-bond acceptors (Lipinski definition) is 2. The molecule has 0 spiro atoms. The molecule has 0 bridgehead atoms. The Bertz CT molecular complexity index is 454. The average molecular weight is 282 g/mol. The van der Waals surface area contributed by atoms with Gasteiger partial charge in [0, 0.05) is 13.1 Å². The van der Waals surface area contributed by atoms with Gasteiger partial charge in [0.25, 0.3) is 0 Å². The fourth-order valence-corrected chi connectivity index (χ4v) is 2.42. The summed E-state index contributed by atoms with van der Waals surface area (Å²) < 4.78 is 0. The Kier molecular flexibility index (Phi) is 6.45.